The van der Waals surface area contributed by atoms with Gasteiger partial charge in [0.1, 0.15) is 0 Å². The van der Waals surface area contributed by atoms with Gasteiger partial charge in [-0.25, -0.2) is 0 Å². The Bertz CT molecular complexity index is 1360. The first-order valence-electron chi connectivity index (χ1n) is 14.4. The van der Waals surface area contributed by atoms with Crippen LogP contribution in [0.5, 0.6) is 0 Å². The van der Waals surface area contributed by atoms with E-state index in [4.69, 9.17) is 4.74 Å². The third kappa shape index (κ3) is 4.72. The first-order chi connectivity index (χ1) is 18.7. The molecule has 1 fully saturated rings. The van der Waals surface area contributed by atoms with Crippen LogP contribution in [0.4, 0.5) is 0 Å². The van der Waals surface area contributed by atoms with Gasteiger partial charge in [0, 0.05) is 64.6 Å². The number of rotatable bonds is 9. The second-order valence-electron chi connectivity index (χ2n) is 12.2. The monoisotopic (exact) mass is 656 g/mol. The molecule has 0 aliphatic heterocycles. The summed E-state index contributed by atoms with van der Waals surface area (Å²) in [5.74, 6) is 0.414. The lowest BCUT2D eigenvalue weighted by molar-refractivity contribution is -0.157. The van der Waals surface area contributed by atoms with E-state index < -0.39 is 5.41 Å². The number of alkyl halides is 2. The van der Waals surface area contributed by atoms with Crippen molar-refractivity contribution >= 4 is 48.7 Å². The average Bonchev–Trinajstić information content (AvgIpc) is 3.25. The van der Waals surface area contributed by atoms with Gasteiger partial charge in [0.2, 0.25) is 0 Å². The number of methoxy groups -OCH3 is 1. The maximum Gasteiger partial charge on any atom is 0.312 e. The van der Waals surface area contributed by atoms with Crippen LogP contribution in [0.15, 0.2) is 42.5 Å². The number of carbonyl (C=O) groups excluding carboxylic acids is 1. The van der Waals surface area contributed by atoms with Gasteiger partial charge in [0.25, 0.3) is 0 Å². The van der Waals surface area contributed by atoms with Crippen LogP contribution < -0.4 is 0 Å². The number of nitrogens with zero attached hydrogens (tertiary/aromatic N) is 2. The van der Waals surface area contributed by atoms with Gasteiger partial charge in [0.05, 0.1) is 18.2 Å². The van der Waals surface area contributed by atoms with Crippen molar-refractivity contribution in [3.05, 3.63) is 59.2 Å². The minimum Gasteiger partial charge on any atom is -0.469 e. The van der Waals surface area contributed by atoms with Crippen molar-refractivity contribution in [1.29, 1.82) is 0 Å². The number of hydrogen-bond donors (Lipinski definition) is 0. The number of fused-ring (bicyclic) bond motifs is 8. The minimum absolute atomic E-state index is 0.0472. The lowest BCUT2D eigenvalue weighted by Crippen LogP contribution is -2.50. The molecule has 210 valence electrons. The van der Waals surface area contributed by atoms with Gasteiger partial charge in [-0.1, -0.05) is 89.4 Å². The molecule has 5 rings (SSSR count). The van der Waals surface area contributed by atoms with Gasteiger partial charge in [-0.3, -0.25) is 9.69 Å². The fraction of sp³-hybridized carbons (Fsp3) is 0.545. The highest BCUT2D eigenvalue weighted by molar-refractivity contribution is 9.09. The van der Waals surface area contributed by atoms with Crippen LogP contribution in [0.2, 0.25) is 0 Å². The highest BCUT2D eigenvalue weighted by atomic mass is 79.9. The molecule has 0 amide bonds. The molecule has 2 aliphatic rings. The number of para-hydroxylation sites is 1. The van der Waals surface area contributed by atoms with Gasteiger partial charge in [-0.05, 0) is 54.5 Å². The Morgan fingerprint density at radius 2 is 1.79 bits per heavy atom. The Balaban J connectivity index is 1.81. The number of halogens is 2. The third-order valence-electron chi connectivity index (χ3n) is 9.64. The summed E-state index contributed by atoms with van der Waals surface area (Å²) in [7, 11) is 1.55. The molecule has 0 spiro atoms. The zero-order chi connectivity index (χ0) is 27.9. The van der Waals surface area contributed by atoms with Gasteiger partial charge < -0.3 is 9.30 Å². The molecule has 1 unspecified atom stereocenters. The Kier molecular flexibility index (Phi) is 8.39. The number of esters is 1. The zero-order valence-electron chi connectivity index (χ0n) is 24.0. The number of hydrogen-bond acceptors (Lipinski definition) is 3. The topological polar surface area (TPSA) is 34.5 Å². The largest absolute Gasteiger partial charge is 0.469 e. The highest BCUT2D eigenvalue weighted by Crippen LogP contribution is 2.65. The lowest BCUT2D eigenvalue weighted by Gasteiger charge is -2.54. The second-order valence-corrected chi connectivity index (χ2v) is 13.8. The van der Waals surface area contributed by atoms with Crippen molar-refractivity contribution in [2.24, 2.45) is 5.41 Å². The summed E-state index contributed by atoms with van der Waals surface area (Å²) in [6.07, 6.45) is 2.94. The Morgan fingerprint density at radius 1 is 1.08 bits per heavy atom. The molecule has 1 aromatic heterocycles. The summed E-state index contributed by atoms with van der Waals surface area (Å²) in [4.78, 5) is 16.1. The zero-order valence-corrected chi connectivity index (χ0v) is 27.2. The highest BCUT2D eigenvalue weighted by Gasteiger charge is 2.58. The molecule has 3 aromatic rings. The van der Waals surface area contributed by atoms with Crippen LogP contribution in [-0.2, 0) is 21.5 Å². The van der Waals surface area contributed by atoms with Crippen LogP contribution >= 0.6 is 31.9 Å². The fourth-order valence-electron chi connectivity index (χ4n) is 7.77. The normalized spacial score (nSPS) is 24.1. The molecule has 0 radical (unpaired) electrons. The Morgan fingerprint density at radius 3 is 2.46 bits per heavy atom. The molecular weight excluding hydrogens is 616 g/mol. The second kappa shape index (κ2) is 11.3. The molecule has 1 heterocycles. The molecule has 39 heavy (non-hydrogen) atoms. The van der Waals surface area contributed by atoms with Gasteiger partial charge in [-0.2, -0.15) is 0 Å². The molecule has 2 aliphatic carbocycles. The molecule has 1 saturated carbocycles. The first kappa shape index (κ1) is 28.9. The van der Waals surface area contributed by atoms with Gasteiger partial charge in [0.15, 0.2) is 0 Å². The van der Waals surface area contributed by atoms with Gasteiger partial charge >= 0.3 is 5.97 Å². The van der Waals surface area contributed by atoms with E-state index in [1.165, 1.54) is 38.9 Å². The van der Waals surface area contributed by atoms with Crippen LogP contribution in [0, 0.1) is 5.41 Å². The van der Waals surface area contributed by atoms with Gasteiger partial charge in [-0.15, -0.1) is 0 Å². The maximum atomic E-state index is 13.6. The molecule has 0 bridgehead atoms. The third-order valence-corrected chi connectivity index (χ3v) is 10.3. The van der Waals surface area contributed by atoms with Crippen LogP contribution in [0.25, 0.3) is 22.2 Å². The van der Waals surface area contributed by atoms with E-state index in [0.717, 1.165) is 56.1 Å². The molecular formula is C33H42Br2N2O2. The molecule has 4 nitrogen and oxygen atoms in total. The summed E-state index contributed by atoms with van der Waals surface area (Å²) in [5, 5.41) is 3.21. The van der Waals surface area contributed by atoms with E-state index in [2.05, 4.69) is 111 Å². The predicted octanol–water partition coefficient (Wildman–Crippen LogP) is 8.24. The molecule has 0 saturated heterocycles. The standard InChI is InChI=1S/C33H42Br2N2O2/c1-22(2)23-11-12-26-25(21-23)29-28(30-32(26,3)13-8-14-33(30,4)31(38)39-5)24-9-6-7-10-27(24)37(29)20-19-36(17-15-34)18-16-35/h6-7,9-12,21-22,30H,8,13-20H2,1-5H3/t30?,32-,33-/m1/s1. The molecule has 3 atom stereocenters. The van der Waals surface area contributed by atoms with E-state index in [-0.39, 0.29) is 17.3 Å². The fourth-order valence-corrected chi connectivity index (χ4v) is 8.77. The lowest BCUT2D eigenvalue weighted by atomic mass is 9.49. The maximum absolute atomic E-state index is 13.6. The minimum atomic E-state index is -0.585. The predicted molar refractivity (Wildman–Crippen MR) is 170 cm³/mol. The molecule has 0 N–H and O–H groups in total. The Hall–Kier alpha value is -1.63. The van der Waals surface area contributed by atoms with Crippen molar-refractivity contribution in [2.75, 3.05) is 37.4 Å². The summed E-state index contributed by atoms with van der Waals surface area (Å²) in [6.45, 7) is 13.0. The summed E-state index contributed by atoms with van der Waals surface area (Å²) in [6, 6.07) is 16.0. The Labute approximate surface area is 250 Å². The van der Waals surface area contributed by atoms with Crippen molar-refractivity contribution in [3.63, 3.8) is 0 Å². The number of aromatic nitrogens is 1. The van der Waals surface area contributed by atoms with Crippen LogP contribution in [0.3, 0.4) is 0 Å². The average molecular weight is 659 g/mol. The SMILES string of the molecule is COC(=O)[C@]1(C)CCC[C@]2(C)c3ccc(C(C)C)cc3-c3c(c4ccccc4n3CCN(CCBr)CCBr)C12. The van der Waals surface area contributed by atoms with E-state index in [0.29, 0.717) is 5.92 Å². The summed E-state index contributed by atoms with van der Waals surface area (Å²) >= 11 is 7.30. The molecule has 2 aromatic carbocycles. The summed E-state index contributed by atoms with van der Waals surface area (Å²) < 4.78 is 8.10. The van der Waals surface area contributed by atoms with Crippen LogP contribution in [-0.4, -0.2) is 52.8 Å². The van der Waals surface area contributed by atoms with Crippen molar-refractivity contribution in [2.45, 2.75) is 70.8 Å². The van der Waals surface area contributed by atoms with E-state index in [1.54, 1.807) is 7.11 Å². The van der Waals surface area contributed by atoms with Crippen molar-refractivity contribution in [1.82, 2.24) is 9.47 Å². The number of carbonyl (C=O) groups is 1. The van der Waals surface area contributed by atoms with Crippen LogP contribution in [0.1, 0.15) is 75.5 Å². The van der Waals surface area contributed by atoms with E-state index in [1.807, 2.05) is 0 Å². The smallest absolute Gasteiger partial charge is 0.312 e. The first-order valence-corrected chi connectivity index (χ1v) is 16.6. The quantitative estimate of drug-likeness (QED) is 0.172. The van der Waals surface area contributed by atoms with E-state index in [9.17, 15) is 4.79 Å². The number of ether oxygens (including phenoxy) is 1. The van der Waals surface area contributed by atoms with Crippen molar-refractivity contribution in [3.8, 4) is 11.3 Å². The van der Waals surface area contributed by atoms with Crippen molar-refractivity contribution < 1.29 is 9.53 Å². The van der Waals surface area contributed by atoms with E-state index >= 15 is 0 Å². The summed E-state index contributed by atoms with van der Waals surface area (Å²) in [5.41, 5.74) is 7.30. The molecule has 6 heteroatoms. The number of benzene rings is 2.